The summed E-state index contributed by atoms with van der Waals surface area (Å²) in [6.45, 7) is 0.466. The number of methoxy groups -OCH3 is 1. The van der Waals surface area contributed by atoms with Crippen molar-refractivity contribution in [3.63, 3.8) is 0 Å². The minimum absolute atomic E-state index is 0.0528. The van der Waals surface area contributed by atoms with Crippen molar-refractivity contribution in [1.82, 2.24) is 10.3 Å². The van der Waals surface area contributed by atoms with Gasteiger partial charge < -0.3 is 10.1 Å². The Morgan fingerprint density at radius 3 is 2.88 bits per heavy atom. The second kappa shape index (κ2) is 6.98. The topological polar surface area (TPSA) is 51.2 Å². The number of rotatable bonds is 5. The third-order valence-corrected chi connectivity index (χ3v) is 3.10. The molecule has 0 aliphatic rings. The molecular weight excluding hydrogens is 340 g/mol. The summed E-state index contributed by atoms with van der Waals surface area (Å²) in [5, 5.41) is 3.46. The van der Waals surface area contributed by atoms with Crippen LogP contribution in [0.3, 0.4) is 0 Å². The van der Waals surface area contributed by atoms with Gasteiger partial charge in [0, 0.05) is 23.1 Å². The molecule has 16 heavy (non-hydrogen) atoms. The second-order valence-electron chi connectivity index (χ2n) is 3.14. The number of carbonyl (C=O) groups is 1. The molecule has 0 aromatic carbocycles. The number of ether oxygens (including phenoxy) is 1. The van der Waals surface area contributed by atoms with Crippen molar-refractivity contribution in [3.8, 4) is 0 Å². The van der Waals surface area contributed by atoms with E-state index in [9.17, 15) is 4.79 Å². The van der Waals surface area contributed by atoms with E-state index in [1.807, 2.05) is 0 Å². The minimum atomic E-state index is -0.200. The molecule has 1 unspecified atom stereocenters. The van der Waals surface area contributed by atoms with E-state index in [1.165, 1.54) is 0 Å². The molecular formula is C10H12Br2N2O2. The molecule has 0 bridgehead atoms. The number of pyridine rings is 1. The number of nitrogens with zero attached hydrogens (tertiary/aromatic N) is 1. The lowest BCUT2D eigenvalue weighted by atomic mass is 10.3. The predicted molar refractivity (Wildman–Crippen MR) is 68.9 cm³/mol. The van der Waals surface area contributed by atoms with Crippen molar-refractivity contribution >= 4 is 37.8 Å². The van der Waals surface area contributed by atoms with Crippen LogP contribution >= 0.6 is 31.9 Å². The Hall–Kier alpha value is -0.460. The highest BCUT2D eigenvalue weighted by Crippen LogP contribution is 2.07. The Labute approximate surface area is 111 Å². The molecule has 0 saturated heterocycles. The molecule has 4 nitrogen and oxygen atoms in total. The predicted octanol–water partition coefficient (Wildman–Crippen LogP) is 1.98. The molecule has 1 aromatic heterocycles. The van der Waals surface area contributed by atoms with Crippen LogP contribution in [0.1, 0.15) is 10.5 Å². The molecule has 1 heterocycles. The Bertz CT molecular complexity index is 343. The van der Waals surface area contributed by atoms with Crippen molar-refractivity contribution in [2.24, 2.45) is 0 Å². The molecule has 0 radical (unpaired) electrons. The molecule has 1 aromatic rings. The Balaban J connectivity index is 2.60. The van der Waals surface area contributed by atoms with Crippen LogP contribution in [0.15, 0.2) is 22.8 Å². The number of carbonyl (C=O) groups excluding carboxylic acids is 1. The average Bonchev–Trinajstić information content (AvgIpc) is 2.29. The number of hydrogen-bond donors (Lipinski definition) is 1. The van der Waals surface area contributed by atoms with E-state index in [2.05, 4.69) is 42.2 Å². The number of halogens is 2. The highest BCUT2D eigenvalue weighted by Gasteiger charge is 2.13. The first-order valence-electron chi connectivity index (χ1n) is 4.64. The lowest BCUT2D eigenvalue weighted by Crippen LogP contribution is -2.39. The normalized spacial score (nSPS) is 12.2. The van der Waals surface area contributed by atoms with Gasteiger partial charge in [0.05, 0.1) is 12.6 Å². The van der Waals surface area contributed by atoms with Gasteiger partial charge in [-0.15, -0.1) is 0 Å². The quantitative estimate of drug-likeness (QED) is 0.825. The number of hydrogen-bond acceptors (Lipinski definition) is 3. The number of amides is 1. The SMILES string of the molecule is COCC(CBr)NC(=O)c1ccc(Br)cn1. The summed E-state index contributed by atoms with van der Waals surface area (Å²) in [6.07, 6.45) is 1.59. The molecule has 1 atom stereocenters. The van der Waals surface area contributed by atoms with E-state index < -0.39 is 0 Å². The molecule has 1 N–H and O–H groups in total. The highest BCUT2D eigenvalue weighted by atomic mass is 79.9. The smallest absolute Gasteiger partial charge is 0.270 e. The van der Waals surface area contributed by atoms with E-state index in [0.29, 0.717) is 17.6 Å². The number of alkyl halides is 1. The molecule has 1 amide bonds. The van der Waals surface area contributed by atoms with Gasteiger partial charge in [0.25, 0.3) is 5.91 Å². The van der Waals surface area contributed by atoms with Gasteiger partial charge in [0.2, 0.25) is 0 Å². The van der Waals surface area contributed by atoms with Crippen molar-refractivity contribution in [2.45, 2.75) is 6.04 Å². The first-order chi connectivity index (χ1) is 7.67. The number of nitrogens with one attached hydrogen (secondary N) is 1. The average molecular weight is 352 g/mol. The van der Waals surface area contributed by atoms with Crippen LogP contribution in [-0.2, 0) is 4.74 Å². The van der Waals surface area contributed by atoms with E-state index in [1.54, 1.807) is 25.4 Å². The molecule has 0 aliphatic carbocycles. The standard InChI is InChI=1S/C10H12Br2N2O2/c1-16-6-8(4-11)14-10(15)9-3-2-7(12)5-13-9/h2-3,5,8H,4,6H2,1H3,(H,14,15). The molecule has 6 heteroatoms. The zero-order chi connectivity index (χ0) is 12.0. The first-order valence-corrected chi connectivity index (χ1v) is 6.56. The fourth-order valence-electron chi connectivity index (χ4n) is 1.10. The molecule has 0 aliphatic heterocycles. The van der Waals surface area contributed by atoms with Gasteiger partial charge in [0.15, 0.2) is 0 Å². The van der Waals surface area contributed by atoms with Crippen molar-refractivity contribution in [1.29, 1.82) is 0 Å². The second-order valence-corrected chi connectivity index (χ2v) is 4.70. The monoisotopic (exact) mass is 350 g/mol. The van der Waals surface area contributed by atoms with E-state index in [0.717, 1.165) is 4.47 Å². The van der Waals surface area contributed by atoms with Crippen molar-refractivity contribution < 1.29 is 9.53 Å². The molecule has 88 valence electrons. The van der Waals surface area contributed by atoms with Crippen LogP contribution in [0.4, 0.5) is 0 Å². The maximum Gasteiger partial charge on any atom is 0.270 e. The fourth-order valence-corrected chi connectivity index (χ4v) is 1.68. The summed E-state index contributed by atoms with van der Waals surface area (Å²) in [6, 6.07) is 3.39. The van der Waals surface area contributed by atoms with Crippen LogP contribution in [0.25, 0.3) is 0 Å². The largest absolute Gasteiger partial charge is 0.383 e. The maximum absolute atomic E-state index is 11.7. The summed E-state index contributed by atoms with van der Waals surface area (Å²) < 4.78 is 5.82. The van der Waals surface area contributed by atoms with Gasteiger partial charge >= 0.3 is 0 Å². The lowest BCUT2D eigenvalue weighted by molar-refractivity contribution is 0.0903. The van der Waals surface area contributed by atoms with Gasteiger partial charge in [-0.05, 0) is 28.1 Å². The van der Waals surface area contributed by atoms with Crippen molar-refractivity contribution in [2.75, 3.05) is 19.0 Å². The van der Waals surface area contributed by atoms with Crippen LogP contribution in [-0.4, -0.2) is 36.0 Å². The Morgan fingerprint density at radius 2 is 2.38 bits per heavy atom. The summed E-state index contributed by atoms with van der Waals surface area (Å²) in [4.78, 5) is 15.7. The zero-order valence-corrected chi connectivity index (χ0v) is 11.9. The fraction of sp³-hybridized carbons (Fsp3) is 0.400. The molecule has 1 rings (SSSR count). The van der Waals surface area contributed by atoms with E-state index >= 15 is 0 Å². The van der Waals surface area contributed by atoms with Crippen LogP contribution in [0, 0.1) is 0 Å². The molecule has 0 fully saturated rings. The van der Waals surface area contributed by atoms with Crippen molar-refractivity contribution in [3.05, 3.63) is 28.5 Å². The van der Waals surface area contributed by atoms with Crippen LogP contribution < -0.4 is 5.32 Å². The molecule has 0 spiro atoms. The summed E-state index contributed by atoms with van der Waals surface area (Å²) in [5.41, 5.74) is 0.394. The highest BCUT2D eigenvalue weighted by molar-refractivity contribution is 9.10. The van der Waals surface area contributed by atoms with E-state index in [4.69, 9.17) is 4.74 Å². The maximum atomic E-state index is 11.7. The van der Waals surface area contributed by atoms with Gasteiger partial charge in [0.1, 0.15) is 5.69 Å². The van der Waals surface area contributed by atoms with Gasteiger partial charge in [-0.2, -0.15) is 0 Å². The van der Waals surface area contributed by atoms with Gasteiger partial charge in [-0.1, -0.05) is 15.9 Å². The van der Waals surface area contributed by atoms with Crippen LogP contribution in [0.5, 0.6) is 0 Å². The minimum Gasteiger partial charge on any atom is -0.383 e. The molecule has 0 saturated carbocycles. The zero-order valence-electron chi connectivity index (χ0n) is 8.74. The Morgan fingerprint density at radius 1 is 1.62 bits per heavy atom. The summed E-state index contributed by atoms with van der Waals surface area (Å²) >= 11 is 6.57. The lowest BCUT2D eigenvalue weighted by Gasteiger charge is -2.14. The van der Waals surface area contributed by atoms with Gasteiger partial charge in [-0.25, -0.2) is 4.98 Å². The third-order valence-electron chi connectivity index (χ3n) is 1.85. The van der Waals surface area contributed by atoms with Gasteiger partial charge in [-0.3, -0.25) is 4.79 Å². The Kier molecular flexibility index (Phi) is 5.94. The number of aromatic nitrogens is 1. The summed E-state index contributed by atoms with van der Waals surface area (Å²) in [7, 11) is 1.60. The third kappa shape index (κ3) is 4.19. The summed E-state index contributed by atoms with van der Waals surface area (Å²) in [5.74, 6) is -0.200. The van der Waals surface area contributed by atoms with Crippen LogP contribution in [0.2, 0.25) is 0 Å². The first kappa shape index (κ1) is 13.6. The van der Waals surface area contributed by atoms with E-state index in [-0.39, 0.29) is 11.9 Å².